The lowest BCUT2D eigenvalue weighted by atomic mass is 10.2. The summed E-state index contributed by atoms with van der Waals surface area (Å²) in [6.07, 6.45) is -0.604. The van der Waals surface area contributed by atoms with Crippen molar-refractivity contribution in [2.75, 3.05) is 0 Å². The van der Waals surface area contributed by atoms with E-state index in [9.17, 15) is 9.59 Å². The number of nitrogens with zero attached hydrogens (tertiary/aromatic N) is 1. The van der Waals surface area contributed by atoms with Gasteiger partial charge in [0.15, 0.2) is 0 Å². The Labute approximate surface area is 106 Å². The molecule has 0 spiro atoms. The minimum atomic E-state index is -0.604. The maximum Gasteiger partial charge on any atom is 0.418 e. The third-order valence-electron chi connectivity index (χ3n) is 3.10. The molecule has 2 rings (SSSR count). The second kappa shape index (κ2) is 5.08. The molecule has 2 atom stereocenters. The second-order valence-electron chi connectivity index (χ2n) is 4.39. The van der Waals surface area contributed by atoms with E-state index in [1.807, 2.05) is 44.2 Å². The van der Waals surface area contributed by atoms with Crippen molar-refractivity contribution in [3.8, 4) is 0 Å². The number of carbonyl (C=O) groups is 2. The maximum absolute atomic E-state index is 11.8. The molecule has 1 aromatic rings. The van der Waals surface area contributed by atoms with Crippen molar-refractivity contribution in [3.63, 3.8) is 0 Å². The Hall–Kier alpha value is -2.04. The van der Waals surface area contributed by atoms with Gasteiger partial charge < -0.3 is 10.1 Å². The molecule has 18 heavy (non-hydrogen) atoms. The van der Waals surface area contributed by atoms with Crippen molar-refractivity contribution in [2.45, 2.75) is 32.5 Å². The van der Waals surface area contributed by atoms with Crippen molar-refractivity contribution >= 4 is 12.1 Å². The fourth-order valence-corrected chi connectivity index (χ4v) is 1.83. The summed E-state index contributed by atoms with van der Waals surface area (Å²) in [6.45, 7) is 3.84. The van der Waals surface area contributed by atoms with Gasteiger partial charge in [0.05, 0.1) is 6.04 Å². The zero-order valence-corrected chi connectivity index (χ0v) is 10.4. The van der Waals surface area contributed by atoms with Crippen LogP contribution in [-0.4, -0.2) is 29.1 Å². The van der Waals surface area contributed by atoms with Gasteiger partial charge in [0.25, 0.3) is 0 Å². The highest BCUT2D eigenvalue weighted by Gasteiger charge is 2.38. The number of ether oxygens (including phenoxy) is 1. The number of hydrogen-bond donors (Lipinski definition) is 1. The molecule has 1 aliphatic heterocycles. The van der Waals surface area contributed by atoms with Crippen molar-refractivity contribution in [1.29, 1.82) is 0 Å². The summed E-state index contributed by atoms with van der Waals surface area (Å²) in [5, 5.41) is 2.68. The Bertz CT molecular complexity index is 447. The maximum atomic E-state index is 11.8. The molecule has 96 valence electrons. The molecule has 0 saturated carbocycles. The number of urea groups is 1. The lowest BCUT2D eigenvalue weighted by Gasteiger charge is -2.18. The molecule has 1 N–H and O–H groups in total. The van der Waals surface area contributed by atoms with Gasteiger partial charge in [-0.25, -0.2) is 14.5 Å². The molecule has 1 aromatic carbocycles. The number of carbonyl (C=O) groups excluding carboxylic acids is 2. The van der Waals surface area contributed by atoms with Crippen LogP contribution < -0.4 is 5.32 Å². The van der Waals surface area contributed by atoms with Crippen molar-refractivity contribution < 1.29 is 14.3 Å². The SMILES string of the molecule is CC1[C@@H](C)NC(=O)N1C(=O)OCc1ccccc1. The van der Waals surface area contributed by atoms with Gasteiger partial charge in [-0.05, 0) is 19.4 Å². The summed E-state index contributed by atoms with van der Waals surface area (Å²) in [5.74, 6) is 0. The zero-order valence-electron chi connectivity index (χ0n) is 10.4. The van der Waals surface area contributed by atoms with Gasteiger partial charge in [0.1, 0.15) is 6.61 Å². The largest absolute Gasteiger partial charge is 0.444 e. The van der Waals surface area contributed by atoms with Crippen LogP contribution in [0, 0.1) is 0 Å². The lowest BCUT2D eigenvalue weighted by Crippen LogP contribution is -2.39. The highest BCUT2D eigenvalue weighted by Crippen LogP contribution is 2.15. The molecule has 1 fully saturated rings. The first-order valence-corrected chi connectivity index (χ1v) is 5.90. The van der Waals surface area contributed by atoms with Crippen LogP contribution >= 0.6 is 0 Å². The molecule has 5 heteroatoms. The number of rotatable bonds is 2. The molecule has 0 aromatic heterocycles. The first-order valence-electron chi connectivity index (χ1n) is 5.90. The molecule has 1 unspecified atom stereocenters. The minimum Gasteiger partial charge on any atom is -0.444 e. The Balaban J connectivity index is 1.94. The molecule has 1 aliphatic rings. The monoisotopic (exact) mass is 248 g/mol. The fourth-order valence-electron chi connectivity index (χ4n) is 1.83. The van der Waals surface area contributed by atoms with Gasteiger partial charge in [0.2, 0.25) is 0 Å². The summed E-state index contributed by atoms with van der Waals surface area (Å²) in [5.41, 5.74) is 0.895. The molecule has 5 nitrogen and oxygen atoms in total. The standard InChI is InChI=1S/C13H16N2O3/c1-9-10(2)15(12(16)14-9)13(17)18-8-11-6-4-3-5-7-11/h3-7,9-10H,8H2,1-2H3,(H,14,16)/t9-,10?/m1/s1. The summed E-state index contributed by atoms with van der Waals surface area (Å²) >= 11 is 0. The fraction of sp³-hybridized carbons (Fsp3) is 0.385. The molecule has 0 radical (unpaired) electrons. The van der Waals surface area contributed by atoms with E-state index in [1.54, 1.807) is 0 Å². The van der Waals surface area contributed by atoms with Crippen molar-refractivity contribution in [1.82, 2.24) is 10.2 Å². The third kappa shape index (κ3) is 2.45. The first-order chi connectivity index (χ1) is 8.59. The summed E-state index contributed by atoms with van der Waals surface area (Å²) in [4.78, 5) is 24.5. The highest BCUT2D eigenvalue weighted by atomic mass is 16.6. The van der Waals surface area contributed by atoms with Crippen LogP contribution in [0.25, 0.3) is 0 Å². The van der Waals surface area contributed by atoms with E-state index in [1.165, 1.54) is 0 Å². The molecular weight excluding hydrogens is 232 g/mol. The first kappa shape index (κ1) is 12.4. The van der Waals surface area contributed by atoms with Crippen LogP contribution in [-0.2, 0) is 11.3 Å². The summed E-state index contributed by atoms with van der Waals surface area (Å²) in [7, 11) is 0. The van der Waals surface area contributed by atoms with E-state index in [-0.39, 0.29) is 18.7 Å². The normalized spacial score (nSPS) is 22.8. The molecule has 0 aliphatic carbocycles. The van der Waals surface area contributed by atoms with E-state index in [0.29, 0.717) is 0 Å². The Morgan fingerprint density at radius 1 is 1.33 bits per heavy atom. The number of imide groups is 1. The number of amides is 3. The molecular formula is C13H16N2O3. The van der Waals surface area contributed by atoms with Crippen LogP contribution in [0.2, 0.25) is 0 Å². The van der Waals surface area contributed by atoms with Crippen molar-refractivity contribution in [3.05, 3.63) is 35.9 Å². The highest BCUT2D eigenvalue weighted by molar-refractivity contribution is 5.93. The van der Waals surface area contributed by atoms with Gasteiger partial charge in [-0.2, -0.15) is 0 Å². The van der Waals surface area contributed by atoms with Gasteiger partial charge in [-0.1, -0.05) is 30.3 Å². The van der Waals surface area contributed by atoms with Gasteiger partial charge in [-0.15, -0.1) is 0 Å². The topological polar surface area (TPSA) is 58.6 Å². The van der Waals surface area contributed by atoms with Crippen LogP contribution in [0.5, 0.6) is 0 Å². The van der Waals surface area contributed by atoms with Gasteiger partial charge in [0, 0.05) is 6.04 Å². The van der Waals surface area contributed by atoms with E-state index in [2.05, 4.69) is 5.32 Å². The van der Waals surface area contributed by atoms with E-state index < -0.39 is 12.1 Å². The molecule has 3 amide bonds. The average molecular weight is 248 g/mol. The minimum absolute atomic E-state index is 0.0539. The summed E-state index contributed by atoms with van der Waals surface area (Å²) in [6, 6.07) is 8.72. The van der Waals surface area contributed by atoms with Gasteiger partial charge in [-0.3, -0.25) is 0 Å². The predicted octanol–water partition coefficient (Wildman–Crippen LogP) is 2.13. The Morgan fingerprint density at radius 3 is 2.56 bits per heavy atom. The summed E-state index contributed by atoms with van der Waals surface area (Å²) < 4.78 is 5.13. The van der Waals surface area contributed by atoms with Crippen LogP contribution in [0.15, 0.2) is 30.3 Å². The zero-order chi connectivity index (χ0) is 13.1. The van der Waals surface area contributed by atoms with E-state index in [0.717, 1.165) is 10.5 Å². The molecule has 1 saturated heterocycles. The average Bonchev–Trinajstić information content (AvgIpc) is 2.62. The predicted molar refractivity (Wildman–Crippen MR) is 65.9 cm³/mol. The van der Waals surface area contributed by atoms with Crippen LogP contribution in [0.4, 0.5) is 9.59 Å². The van der Waals surface area contributed by atoms with Crippen LogP contribution in [0.3, 0.4) is 0 Å². The smallest absolute Gasteiger partial charge is 0.418 e. The lowest BCUT2D eigenvalue weighted by molar-refractivity contribution is 0.101. The number of hydrogen-bond acceptors (Lipinski definition) is 3. The van der Waals surface area contributed by atoms with Crippen LogP contribution in [0.1, 0.15) is 19.4 Å². The second-order valence-corrected chi connectivity index (χ2v) is 4.39. The molecule has 0 bridgehead atoms. The van der Waals surface area contributed by atoms with E-state index >= 15 is 0 Å². The molecule has 1 heterocycles. The van der Waals surface area contributed by atoms with Crippen molar-refractivity contribution in [2.24, 2.45) is 0 Å². The Morgan fingerprint density at radius 2 is 2.00 bits per heavy atom. The Kier molecular flexibility index (Phi) is 3.50. The number of nitrogens with one attached hydrogen (secondary N) is 1. The third-order valence-corrected chi connectivity index (χ3v) is 3.10. The quantitative estimate of drug-likeness (QED) is 0.872. The number of benzene rings is 1. The van der Waals surface area contributed by atoms with Gasteiger partial charge >= 0.3 is 12.1 Å². The van der Waals surface area contributed by atoms with E-state index in [4.69, 9.17) is 4.74 Å².